The zero-order chi connectivity index (χ0) is 26.0. The Labute approximate surface area is 204 Å². The molecule has 0 spiro atoms. The second-order valence-corrected chi connectivity index (χ2v) is 8.49. The van der Waals surface area contributed by atoms with Crippen molar-refractivity contribution in [2.45, 2.75) is 58.7 Å². The molecule has 186 valence electrons. The number of ketones is 1. The van der Waals surface area contributed by atoms with Crippen LogP contribution in [-0.2, 0) is 32.1 Å². The predicted octanol–water partition coefficient (Wildman–Crippen LogP) is 1.86. The van der Waals surface area contributed by atoms with Gasteiger partial charge in [0.25, 0.3) is 0 Å². The topological polar surface area (TPSA) is 148 Å². The zero-order valence-electron chi connectivity index (χ0n) is 20.2. The smallest absolute Gasteiger partial charge is 0.243 e. The van der Waals surface area contributed by atoms with Gasteiger partial charge >= 0.3 is 0 Å². The van der Waals surface area contributed by atoms with Crippen LogP contribution in [0, 0.1) is 19.3 Å². The molecule has 0 bridgehead atoms. The number of carbonyl (C=O) groups is 4. The maximum atomic E-state index is 13.1. The Morgan fingerprint density at radius 1 is 0.943 bits per heavy atom. The van der Waals surface area contributed by atoms with Gasteiger partial charge in [-0.25, -0.2) is 0 Å². The van der Waals surface area contributed by atoms with Crippen molar-refractivity contribution >= 4 is 29.7 Å². The van der Waals surface area contributed by atoms with E-state index < -0.39 is 35.6 Å². The zero-order valence-corrected chi connectivity index (χ0v) is 20.2. The van der Waals surface area contributed by atoms with Gasteiger partial charge in [0.2, 0.25) is 17.7 Å². The second-order valence-electron chi connectivity index (χ2n) is 8.49. The molecular formula is C26H32N4O5. The first-order chi connectivity index (χ1) is 16.6. The number of carbonyl (C=O) groups excluding carboxylic acids is 4. The van der Waals surface area contributed by atoms with Crippen molar-refractivity contribution < 1.29 is 24.3 Å². The van der Waals surface area contributed by atoms with Crippen LogP contribution in [0.25, 0.3) is 0 Å². The van der Waals surface area contributed by atoms with Gasteiger partial charge < -0.3 is 26.5 Å². The lowest BCUT2D eigenvalue weighted by Crippen LogP contribution is -2.54. The average molecular weight is 481 g/mol. The van der Waals surface area contributed by atoms with E-state index in [9.17, 15) is 24.3 Å². The number of benzene rings is 2. The van der Waals surface area contributed by atoms with Crippen molar-refractivity contribution in [3.8, 4) is 5.75 Å². The standard InChI is InChI=1S/C26H32N4O5/c1-16-4-6-19(7-5-16)15-28-25(34)22(10-9-21(32)14-27)30-26(35)23(29-18(3)31)13-20-8-11-24(33)17(2)12-20/h4-8,11-12,14,22-23,27,33H,9-10,13,15H2,1-3H3,(H,28,34)(H,29,31)(H,30,35)/t22-,23-/m0/s1. The Morgan fingerprint density at radius 3 is 2.20 bits per heavy atom. The molecule has 0 aliphatic heterocycles. The molecule has 2 rings (SSSR count). The minimum absolute atomic E-state index is 0.00476. The molecule has 0 aliphatic carbocycles. The lowest BCUT2D eigenvalue weighted by molar-refractivity contribution is -0.132. The largest absolute Gasteiger partial charge is 0.508 e. The first-order valence-corrected chi connectivity index (χ1v) is 11.3. The van der Waals surface area contributed by atoms with Crippen molar-refractivity contribution in [1.29, 1.82) is 5.41 Å². The van der Waals surface area contributed by atoms with E-state index in [0.29, 0.717) is 17.3 Å². The number of nitrogens with one attached hydrogen (secondary N) is 4. The lowest BCUT2D eigenvalue weighted by Gasteiger charge is -2.23. The summed E-state index contributed by atoms with van der Waals surface area (Å²) < 4.78 is 0. The molecule has 0 heterocycles. The minimum Gasteiger partial charge on any atom is -0.508 e. The van der Waals surface area contributed by atoms with Crippen LogP contribution in [0.15, 0.2) is 42.5 Å². The monoisotopic (exact) mass is 480 g/mol. The Bertz CT molecular complexity index is 1080. The average Bonchev–Trinajstić information content (AvgIpc) is 2.82. The van der Waals surface area contributed by atoms with Crippen molar-refractivity contribution in [3.63, 3.8) is 0 Å². The molecule has 0 fully saturated rings. The van der Waals surface area contributed by atoms with E-state index >= 15 is 0 Å². The van der Waals surface area contributed by atoms with Gasteiger partial charge in [0, 0.05) is 26.3 Å². The third kappa shape index (κ3) is 9.04. The van der Waals surface area contributed by atoms with Crippen molar-refractivity contribution in [2.24, 2.45) is 0 Å². The van der Waals surface area contributed by atoms with E-state index in [4.69, 9.17) is 5.41 Å². The summed E-state index contributed by atoms with van der Waals surface area (Å²) in [5, 5.41) is 24.9. The number of amides is 3. The maximum Gasteiger partial charge on any atom is 0.243 e. The van der Waals surface area contributed by atoms with Gasteiger partial charge in [0.05, 0.1) is 6.21 Å². The molecule has 2 aromatic carbocycles. The minimum atomic E-state index is -1.03. The molecule has 9 nitrogen and oxygen atoms in total. The van der Waals surface area contributed by atoms with Gasteiger partial charge in [-0.3, -0.25) is 19.2 Å². The van der Waals surface area contributed by atoms with Crippen LogP contribution in [0.2, 0.25) is 0 Å². The Balaban J connectivity index is 2.15. The van der Waals surface area contributed by atoms with E-state index in [1.807, 2.05) is 31.2 Å². The SMILES string of the molecule is CC(=O)N[C@@H](Cc1ccc(O)c(C)c1)C(=O)N[C@@H](CCC(=O)C=N)C(=O)NCc1ccc(C)cc1. The molecule has 5 N–H and O–H groups in total. The number of phenolic OH excluding ortho intramolecular Hbond substituents is 1. The molecule has 0 unspecified atom stereocenters. The van der Waals surface area contributed by atoms with E-state index in [1.165, 1.54) is 13.0 Å². The van der Waals surface area contributed by atoms with Crippen LogP contribution in [-0.4, -0.2) is 46.9 Å². The highest BCUT2D eigenvalue weighted by Gasteiger charge is 2.27. The predicted molar refractivity (Wildman–Crippen MR) is 132 cm³/mol. The first kappa shape index (κ1) is 27.2. The number of phenols is 1. The van der Waals surface area contributed by atoms with Crippen LogP contribution in [0.1, 0.15) is 42.0 Å². The number of rotatable bonds is 12. The molecule has 35 heavy (non-hydrogen) atoms. The molecule has 0 aliphatic rings. The summed E-state index contributed by atoms with van der Waals surface area (Å²) in [7, 11) is 0. The summed E-state index contributed by atoms with van der Waals surface area (Å²) in [4.78, 5) is 49.4. The van der Waals surface area contributed by atoms with E-state index in [1.54, 1.807) is 19.1 Å². The number of hydrogen-bond donors (Lipinski definition) is 5. The second kappa shape index (κ2) is 13.0. The van der Waals surface area contributed by atoms with Gasteiger partial charge in [0.1, 0.15) is 17.8 Å². The quantitative estimate of drug-likeness (QED) is 0.294. The summed E-state index contributed by atoms with van der Waals surface area (Å²) in [6.07, 6.45) is 0.735. The summed E-state index contributed by atoms with van der Waals surface area (Å²) in [6, 6.07) is 10.5. The third-order valence-corrected chi connectivity index (χ3v) is 5.46. The number of aryl methyl sites for hydroxylation is 2. The fourth-order valence-corrected chi connectivity index (χ4v) is 3.45. The summed E-state index contributed by atoms with van der Waals surface area (Å²) in [5.41, 5.74) is 3.31. The van der Waals surface area contributed by atoms with Crippen molar-refractivity contribution in [3.05, 3.63) is 64.7 Å². The lowest BCUT2D eigenvalue weighted by atomic mass is 10.0. The Kier molecular flexibility index (Phi) is 10.1. The molecule has 0 radical (unpaired) electrons. The Hall–Kier alpha value is -4.01. The first-order valence-electron chi connectivity index (χ1n) is 11.3. The highest BCUT2D eigenvalue weighted by atomic mass is 16.3. The van der Waals surface area contributed by atoms with Crippen molar-refractivity contribution in [2.75, 3.05) is 0 Å². The highest BCUT2D eigenvalue weighted by molar-refractivity contribution is 6.26. The van der Waals surface area contributed by atoms with Crippen LogP contribution in [0.5, 0.6) is 5.75 Å². The summed E-state index contributed by atoms with van der Waals surface area (Å²) in [6.45, 7) is 5.21. The fourth-order valence-electron chi connectivity index (χ4n) is 3.45. The van der Waals surface area contributed by atoms with Crippen LogP contribution in [0.3, 0.4) is 0 Å². The van der Waals surface area contributed by atoms with E-state index in [2.05, 4.69) is 16.0 Å². The van der Waals surface area contributed by atoms with Gasteiger partial charge in [-0.05, 0) is 43.0 Å². The molecule has 2 atom stereocenters. The van der Waals surface area contributed by atoms with Gasteiger partial charge in [-0.2, -0.15) is 0 Å². The van der Waals surface area contributed by atoms with Gasteiger partial charge in [-0.15, -0.1) is 0 Å². The number of aromatic hydroxyl groups is 1. The molecule has 0 saturated heterocycles. The molecule has 9 heteroatoms. The number of hydrogen-bond acceptors (Lipinski definition) is 6. The normalized spacial score (nSPS) is 12.2. The van der Waals surface area contributed by atoms with Gasteiger partial charge in [-0.1, -0.05) is 42.0 Å². The van der Waals surface area contributed by atoms with E-state index in [-0.39, 0.29) is 31.6 Å². The molecule has 0 aromatic heterocycles. The maximum absolute atomic E-state index is 13.1. The van der Waals surface area contributed by atoms with E-state index in [0.717, 1.165) is 11.1 Å². The van der Waals surface area contributed by atoms with Gasteiger partial charge in [0.15, 0.2) is 5.78 Å². The summed E-state index contributed by atoms with van der Waals surface area (Å²) in [5.74, 6) is -1.81. The van der Waals surface area contributed by atoms with Crippen LogP contribution in [0.4, 0.5) is 0 Å². The van der Waals surface area contributed by atoms with Crippen LogP contribution >= 0.6 is 0 Å². The fraction of sp³-hybridized carbons (Fsp3) is 0.346. The number of Topliss-reactive ketones (excluding diaryl/α,β-unsaturated/α-hetero) is 1. The molecule has 2 aromatic rings. The molecule has 0 saturated carbocycles. The Morgan fingerprint density at radius 2 is 1.60 bits per heavy atom. The van der Waals surface area contributed by atoms with Crippen molar-refractivity contribution in [1.82, 2.24) is 16.0 Å². The van der Waals surface area contributed by atoms with Crippen LogP contribution < -0.4 is 16.0 Å². The summed E-state index contributed by atoms with van der Waals surface area (Å²) >= 11 is 0. The molecule has 3 amide bonds. The third-order valence-electron chi connectivity index (χ3n) is 5.46. The highest BCUT2D eigenvalue weighted by Crippen LogP contribution is 2.18. The molecular weight excluding hydrogens is 448 g/mol.